The molecule has 1 aromatic rings. The molecule has 5 nitrogen and oxygen atoms in total. The number of nitrogens with zero attached hydrogens (tertiary/aromatic N) is 2. The van der Waals surface area contributed by atoms with Crippen LogP contribution in [0.2, 0.25) is 5.02 Å². The fourth-order valence-electron chi connectivity index (χ4n) is 2.16. The van der Waals surface area contributed by atoms with Crippen molar-refractivity contribution in [3.63, 3.8) is 0 Å². The smallest absolute Gasteiger partial charge is 0.382 e. The summed E-state index contributed by atoms with van der Waals surface area (Å²) in [5, 5.41) is 11.0. The highest BCUT2D eigenvalue weighted by molar-refractivity contribution is 6.30. The molecule has 0 bridgehead atoms. The number of rotatable bonds is 3. The average Bonchev–Trinajstić information content (AvgIpc) is 2.69. The molecule has 1 N–H and O–H groups in total. The van der Waals surface area contributed by atoms with Crippen LogP contribution < -0.4 is 5.01 Å². The van der Waals surface area contributed by atoms with E-state index in [4.69, 9.17) is 16.7 Å². The van der Waals surface area contributed by atoms with Crippen LogP contribution in [0, 0.1) is 0 Å². The summed E-state index contributed by atoms with van der Waals surface area (Å²) in [6, 6.07) is 4.41. The van der Waals surface area contributed by atoms with Gasteiger partial charge in [-0.2, -0.15) is 13.2 Å². The lowest BCUT2D eigenvalue weighted by Crippen LogP contribution is -2.53. The second-order valence-electron chi connectivity index (χ2n) is 4.81. The first-order valence-electron chi connectivity index (χ1n) is 6.25. The van der Waals surface area contributed by atoms with E-state index in [1.54, 1.807) is 0 Å². The number of halogens is 4. The molecule has 120 valence electrons. The Bertz CT molecular complexity index is 621. The Morgan fingerprint density at radius 1 is 1.50 bits per heavy atom. The normalized spacial score (nSPS) is 15.7. The van der Waals surface area contributed by atoms with Crippen LogP contribution in [-0.4, -0.2) is 40.8 Å². The van der Waals surface area contributed by atoms with Crippen molar-refractivity contribution in [2.45, 2.75) is 25.6 Å². The lowest BCUT2D eigenvalue weighted by atomic mass is 10.2. The van der Waals surface area contributed by atoms with Crippen LogP contribution in [0.1, 0.15) is 12.5 Å². The number of hydrogen-bond acceptors (Lipinski definition) is 3. The van der Waals surface area contributed by atoms with Crippen molar-refractivity contribution >= 4 is 29.1 Å². The molecule has 9 heteroatoms. The Morgan fingerprint density at radius 3 is 2.68 bits per heavy atom. The number of benzene rings is 1. The van der Waals surface area contributed by atoms with Crippen LogP contribution in [0.3, 0.4) is 0 Å². The molecule has 1 aliphatic rings. The van der Waals surface area contributed by atoms with Crippen LogP contribution in [-0.2, 0) is 16.0 Å². The Hall–Kier alpha value is -1.80. The highest BCUT2D eigenvalue weighted by atomic mass is 35.5. The van der Waals surface area contributed by atoms with Crippen molar-refractivity contribution in [1.82, 2.24) is 5.01 Å². The van der Waals surface area contributed by atoms with E-state index in [1.807, 2.05) is 0 Å². The second kappa shape index (κ2) is 5.77. The molecule has 2 rings (SSSR count). The van der Waals surface area contributed by atoms with Crippen molar-refractivity contribution in [3.8, 4) is 0 Å². The summed E-state index contributed by atoms with van der Waals surface area (Å²) in [7, 11) is 0. The number of carbonyl (C=O) groups excluding carboxylic acids is 2. The summed E-state index contributed by atoms with van der Waals surface area (Å²) in [6.07, 6.45) is -7.72. The molecule has 0 fully saturated rings. The number of aliphatic hydroxyl groups excluding tert-OH is 1. The number of hydrazine groups is 1. The highest BCUT2D eigenvalue weighted by Gasteiger charge is 2.43. The molecule has 1 aromatic carbocycles. The first-order chi connectivity index (χ1) is 10.1. The van der Waals surface area contributed by atoms with Gasteiger partial charge in [0.15, 0.2) is 6.10 Å². The molecule has 22 heavy (non-hydrogen) atoms. The minimum Gasteiger partial charge on any atom is -0.382 e. The number of hydrogen-bond donors (Lipinski definition) is 1. The average molecular weight is 337 g/mol. The molecule has 0 aliphatic carbocycles. The van der Waals surface area contributed by atoms with Gasteiger partial charge in [0.05, 0.1) is 18.7 Å². The molecule has 0 aromatic heterocycles. The minimum atomic E-state index is -4.89. The zero-order valence-corrected chi connectivity index (χ0v) is 12.1. The largest absolute Gasteiger partial charge is 0.416 e. The standard InChI is InChI=1S/C13H12ClF3N2O3/c1-7(20)18(6-11(21)13(15,16)17)19-10-3-2-9(14)4-8(10)5-12(19)22/h2-4,11,21H,5-6H2,1H3. The molecule has 1 aliphatic heterocycles. The van der Waals surface area contributed by atoms with Crippen LogP contribution >= 0.6 is 11.6 Å². The second-order valence-corrected chi connectivity index (χ2v) is 5.25. The van der Waals surface area contributed by atoms with Crippen LogP contribution in [0.5, 0.6) is 0 Å². The topological polar surface area (TPSA) is 60.9 Å². The van der Waals surface area contributed by atoms with E-state index < -0.39 is 30.6 Å². The molecule has 2 amide bonds. The Balaban J connectivity index is 2.34. The van der Waals surface area contributed by atoms with Crippen molar-refractivity contribution in [2.24, 2.45) is 0 Å². The zero-order valence-electron chi connectivity index (χ0n) is 11.4. The number of alkyl halides is 3. The van der Waals surface area contributed by atoms with Gasteiger partial charge < -0.3 is 5.11 Å². The summed E-state index contributed by atoms with van der Waals surface area (Å²) < 4.78 is 37.5. The van der Waals surface area contributed by atoms with Gasteiger partial charge in [-0.1, -0.05) is 11.6 Å². The number of amides is 2. The van der Waals surface area contributed by atoms with E-state index >= 15 is 0 Å². The molecule has 1 unspecified atom stereocenters. The summed E-state index contributed by atoms with van der Waals surface area (Å²) in [6.45, 7) is -0.0447. The molecule has 0 spiro atoms. The van der Waals surface area contributed by atoms with Gasteiger partial charge in [-0.25, -0.2) is 10.0 Å². The molecular weight excluding hydrogens is 325 g/mol. The molecule has 0 saturated carbocycles. The van der Waals surface area contributed by atoms with E-state index in [2.05, 4.69) is 0 Å². The highest BCUT2D eigenvalue weighted by Crippen LogP contribution is 2.33. The van der Waals surface area contributed by atoms with Gasteiger partial charge in [0.2, 0.25) is 11.8 Å². The Labute approximate surface area is 128 Å². The van der Waals surface area contributed by atoms with Gasteiger partial charge >= 0.3 is 6.18 Å². The molecule has 1 atom stereocenters. The maximum absolute atomic E-state index is 12.5. The van der Waals surface area contributed by atoms with E-state index in [-0.39, 0.29) is 12.1 Å². The van der Waals surface area contributed by atoms with Gasteiger partial charge in [0, 0.05) is 11.9 Å². The first kappa shape index (κ1) is 16.6. The van der Waals surface area contributed by atoms with Crippen LogP contribution in [0.4, 0.5) is 18.9 Å². The number of carbonyl (C=O) groups is 2. The Kier molecular flexibility index (Phi) is 4.35. The fourth-order valence-corrected chi connectivity index (χ4v) is 2.35. The van der Waals surface area contributed by atoms with Crippen molar-refractivity contribution in [3.05, 3.63) is 28.8 Å². The molecule has 0 radical (unpaired) electrons. The number of fused-ring (bicyclic) bond motifs is 1. The maximum Gasteiger partial charge on any atom is 0.416 e. The predicted molar refractivity (Wildman–Crippen MR) is 72.1 cm³/mol. The van der Waals surface area contributed by atoms with Gasteiger partial charge in [0.25, 0.3) is 0 Å². The fraction of sp³-hybridized carbons (Fsp3) is 0.385. The van der Waals surface area contributed by atoms with Crippen molar-refractivity contribution in [1.29, 1.82) is 0 Å². The van der Waals surface area contributed by atoms with Gasteiger partial charge in [-0.05, 0) is 23.8 Å². The number of anilines is 1. The zero-order chi connectivity index (χ0) is 16.7. The van der Waals surface area contributed by atoms with E-state index in [0.717, 1.165) is 11.9 Å². The van der Waals surface area contributed by atoms with Gasteiger partial charge in [-0.15, -0.1) is 0 Å². The SMILES string of the molecule is CC(=O)N(CC(O)C(F)(F)F)N1C(=O)Cc2cc(Cl)ccc21. The molecule has 1 heterocycles. The predicted octanol–water partition coefficient (Wildman–Crippen LogP) is 1.92. The van der Waals surface area contributed by atoms with Crippen molar-refractivity contribution in [2.75, 3.05) is 11.6 Å². The third-order valence-electron chi connectivity index (χ3n) is 3.18. The third-order valence-corrected chi connectivity index (χ3v) is 3.41. The van der Waals surface area contributed by atoms with Gasteiger partial charge in [-0.3, -0.25) is 9.59 Å². The number of aliphatic hydroxyl groups is 1. The van der Waals surface area contributed by atoms with Crippen LogP contribution in [0.15, 0.2) is 18.2 Å². The minimum absolute atomic E-state index is 0.0816. The third kappa shape index (κ3) is 3.17. The summed E-state index contributed by atoms with van der Waals surface area (Å²) in [5.41, 5.74) is 0.782. The summed E-state index contributed by atoms with van der Waals surface area (Å²) in [4.78, 5) is 23.7. The van der Waals surface area contributed by atoms with E-state index in [9.17, 15) is 22.8 Å². The van der Waals surface area contributed by atoms with Crippen molar-refractivity contribution < 1.29 is 27.9 Å². The van der Waals surface area contributed by atoms with Crippen LogP contribution in [0.25, 0.3) is 0 Å². The summed E-state index contributed by atoms with van der Waals surface area (Å²) in [5.74, 6) is -1.36. The lowest BCUT2D eigenvalue weighted by Gasteiger charge is -2.33. The molecule has 0 saturated heterocycles. The van der Waals surface area contributed by atoms with E-state index in [0.29, 0.717) is 15.6 Å². The van der Waals surface area contributed by atoms with E-state index in [1.165, 1.54) is 18.2 Å². The molecular formula is C13H12ClF3N2O3. The summed E-state index contributed by atoms with van der Waals surface area (Å²) >= 11 is 5.81. The quantitative estimate of drug-likeness (QED) is 0.917. The maximum atomic E-state index is 12.5. The van der Waals surface area contributed by atoms with Gasteiger partial charge in [0.1, 0.15) is 0 Å². The first-order valence-corrected chi connectivity index (χ1v) is 6.63. The monoisotopic (exact) mass is 336 g/mol. The lowest BCUT2D eigenvalue weighted by molar-refractivity contribution is -0.208. The Morgan fingerprint density at radius 2 is 2.14 bits per heavy atom.